The van der Waals surface area contributed by atoms with Crippen LogP contribution in [0.4, 0.5) is 9.59 Å². The predicted octanol–water partition coefficient (Wildman–Crippen LogP) is 0.753. The Morgan fingerprint density at radius 1 is 1.42 bits per heavy atom. The summed E-state index contributed by atoms with van der Waals surface area (Å²) in [6.07, 6.45) is 0.186. The first-order valence-electron chi connectivity index (χ1n) is 6.32. The molecular weight excluding hydrogens is 250 g/mol. The Morgan fingerprint density at radius 3 is 2.47 bits per heavy atom. The van der Waals surface area contributed by atoms with E-state index in [1.807, 2.05) is 20.8 Å². The van der Waals surface area contributed by atoms with Gasteiger partial charge < -0.3 is 10.4 Å². The molecule has 0 spiro atoms. The van der Waals surface area contributed by atoms with Crippen molar-refractivity contribution >= 4 is 18.0 Å². The highest BCUT2D eigenvalue weighted by Gasteiger charge is 2.60. The largest absolute Gasteiger partial charge is 0.465 e. The van der Waals surface area contributed by atoms with Gasteiger partial charge in [-0.3, -0.25) is 15.0 Å². The summed E-state index contributed by atoms with van der Waals surface area (Å²) < 4.78 is 0. The summed E-state index contributed by atoms with van der Waals surface area (Å²) in [5.41, 5.74) is -1.38. The summed E-state index contributed by atoms with van der Waals surface area (Å²) in [6, 6.07) is -1.39. The van der Waals surface area contributed by atoms with Crippen molar-refractivity contribution in [1.29, 1.82) is 0 Å². The molecule has 3 N–H and O–H groups in total. The zero-order valence-corrected chi connectivity index (χ0v) is 11.3. The second kappa shape index (κ2) is 4.11. The average Bonchev–Trinajstić information content (AvgIpc) is 2.81. The maximum atomic E-state index is 12.0. The van der Waals surface area contributed by atoms with Gasteiger partial charge >= 0.3 is 12.1 Å². The summed E-state index contributed by atoms with van der Waals surface area (Å²) in [5.74, 6) is -0.451. The number of rotatable bonds is 1. The van der Waals surface area contributed by atoms with Crippen LogP contribution in [0.2, 0.25) is 0 Å². The number of carbonyl (C=O) groups is 3. The monoisotopic (exact) mass is 269 g/mol. The molecule has 2 aliphatic heterocycles. The topological polar surface area (TPSA) is 98.7 Å². The summed E-state index contributed by atoms with van der Waals surface area (Å²) in [6.45, 7) is 6.07. The number of carboxylic acid groups (broad SMARTS) is 1. The lowest BCUT2D eigenvalue weighted by molar-refractivity contribution is -0.125. The van der Waals surface area contributed by atoms with Gasteiger partial charge in [0.25, 0.3) is 5.91 Å². The van der Waals surface area contributed by atoms with Crippen LogP contribution in [0.5, 0.6) is 0 Å². The van der Waals surface area contributed by atoms with Crippen LogP contribution < -0.4 is 10.6 Å². The van der Waals surface area contributed by atoms with Gasteiger partial charge in [0.1, 0.15) is 6.04 Å². The van der Waals surface area contributed by atoms with Gasteiger partial charge in [0.2, 0.25) is 0 Å². The van der Waals surface area contributed by atoms with Crippen molar-refractivity contribution in [2.24, 2.45) is 5.41 Å². The highest BCUT2D eigenvalue weighted by molar-refractivity contribution is 6.05. The average molecular weight is 269 g/mol. The first-order chi connectivity index (χ1) is 8.70. The van der Waals surface area contributed by atoms with E-state index < -0.39 is 35.0 Å². The van der Waals surface area contributed by atoms with E-state index >= 15 is 0 Å². The number of hydrogen-bond donors (Lipinski definition) is 3. The van der Waals surface area contributed by atoms with Crippen molar-refractivity contribution in [3.8, 4) is 0 Å². The van der Waals surface area contributed by atoms with Gasteiger partial charge in [-0.1, -0.05) is 20.8 Å². The van der Waals surface area contributed by atoms with Crippen LogP contribution in [0.1, 0.15) is 33.6 Å². The molecule has 7 heteroatoms. The zero-order valence-electron chi connectivity index (χ0n) is 11.3. The second-order valence-electron chi connectivity index (χ2n) is 6.11. The van der Waals surface area contributed by atoms with Crippen LogP contribution in [0.25, 0.3) is 0 Å². The van der Waals surface area contributed by atoms with Gasteiger partial charge in [-0.05, 0) is 18.3 Å². The molecule has 0 radical (unpaired) electrons. The second-order valence-corrected chi connectivity index (χ2v) is 6.11. The maximum absolute atomic E-state index is 12.0. The summed E-state index contributed by atoms with van der Waals surface area (Å²) >= 11 is 0. The van der Waals surface area contributed by atoms with Crippen molar-refractivity contribution in [2.45, 2.75) is 45.2 Å². The summed E-state index contributed by atoms with van der Waals surface area (Å²) in [5, 5.41) is 14.2. The number of likely N-dealkylation sites (tertiary alicyclic amines) is 1. The lowest BCUT2D eigenvalue weighted by Crippen LogP contribution is -2.67. The van der Waals surface area contributed by atoms with E-state index in [-0.39, 0.29) is 0 Å². The molecular formula is C12H19N3O4. The fraction of sp³-hybridized carbons (Fsp3) is 0.750. The fourth-order valence-electron chi connectivity index (χ4n) is 3.37. The lowest BCUT2D eigenvalue weighted by atomic mass is 9.67. The highest BCUT2D eigenvalue weighted by Crippen LogP contribution is 2.46. The standard InChI is InChI=1S/C12H19N3O4/c1-11(2,3)12(5-4-6-15(12)10(18)19)7-8(16)14-9(17)13-7/h7H,4-6H2,1-3H3,(H,18,19)(H2,13,14,16,17)/t7-,12+/m0/s1. The summed E-state index contributed by atoms with van der Waals surface area (Å²) in [7, 11) is 0. The van der Waals surface area contributed by atoms with E-state index in [0.29, 0.717) is 19.4 Å². The minimum Gasteiger partial charge on any atom is -0.465 e. The normalized spacial score (nSPS) is 31.3. The van der Waals surface area contributed by atoms with Crippen LogP contribution >= 0.6 is 0 Å². The Morgan fingerprint density at radius 2 is 2.05 bits per heavy atom. The third kappa shape index (κ3) is 1.84. The van der Waals surface area contributed by atoms with Crippen LogP contribution in [0, 0.1) is 5.41 Å². The van der Waals surface area contributed by atoms with Crippen molar-refractivity contribution in [2.75, 3.05) is 6.54 Å². The minimum absolute atomic E-state index is 0.381. The molecule has 0 saturated carbocycles. The van der Waals surface area contributed by atoms with Gasteiger partial charge in [0.15, 0.2) is 0 Å². The molecule has 2 atom stereocenters. The molecule has 106 valence electrons. The molecule has 0 aromatic heterocycles. The molecule has 19 heavy (non-hydrogen) atoms. The molecule has 2 fully saturated rings. The Hall–Kier alpha value is -1.79. The van der Waals surface area contributed by atoms with Crippen molar-refractivity contribution < 1.29 is 19.5 Å². The molecule has 2 aliphatic rings. The van der Waals surface area contributed by atoms with Gasteiger partial charge in [-0.15, -0.1) is 0 Å². The fourth-order valence-corrected chi connectivity index (χ4v) is 3.37. The lowest BCUT2D eigenvalue weighted by Gasteiger charge is -2.49. The molecule has 2 saturated heterocycles. The molecule has 0 aliphatic carbocycles. The van der Waals surface area contributed by atoms with Crippen LogP contribution in [-0.2, 0) is 4.79 Å². The SMILES string of the molecule is CC(C)(C)[C@]1([C@H]2NC(=O)NC2=O)CCCN1C(=O)O. The Balaban J connectivity index is 2.50. The zero-order chi connectivity index (χ0) is 14.4. The Labute approximate surface area is 111 Å². The van der Waals surface area contributed by atoms with Crippen molar-refractivity contribution in [1.82, 2.24) is 15.5 Å². The molecule has 4 amide bonds. The number of imide groups is 1. The maximum Gasteiger partial charge on any atom is 0.407 e. The van der Waals surface area contributed by atoms with E-state index in [9.17, 15) is 19.5 Å². The molecule has 0 aromatic rings. The smallest absolute Gasteiger partial charge is 0.407 e. The van der Waals surface area contributed by atoms with E-state index in [2.05, 4.69) is 10.6 Å². The molecule has 7 nitrogen and oxygen atoms in total. The number of hydrogen-bond acceptors (Lipinski definition) is 3. The Kier molecular flexibility index (Phi) is 2.95. The molecule has 0 unspecified atom stereocenters. The molecule has 0 bridgehead atoms. The minimum atomic E-state index is -1.05. The number of nitrogens with zero attached hydrogens (tertiary/aromatic N) is 1. The quantitative estimate of drug-likeness (QED) is 0.612. The van der Waals surface area contributed by atoms with E-state index in [1.54, 1.807) is 0 Å². The Bertz CT molecular complexity index is 443. The van der Waals surface area contributed by atoms with E-state index in [4.69, 9.17) is 0 Å². The van der Waals surface area contributed by atoms with E-state index in [1.165, 1.54) is 4.90 Å². The number of nitrogens with one attached hydrogen (secondary N) is 2. The summed E-state index contributed by atoms with van der Waals surface area (Å²) in [4.78, 5) is 36.1. The van der Waals surface area contributed by atoms with Gasteiger partial charge in [0, 0.05) is 6.54 Å². The predicted molar refractivity (Wildman–Crippen MR) is 66.6 cm³/mol. The molecule has 2 rings (SSSR count). The molecule has 2 heterocycles. The van der Waals surface area contributed by atoms with Crippen LogP contribution in [0.3, 0.4) is 0 Å². The number of urea groups is 1. The first-order valence-corrected chi connectivity index (χ1v) is 6.32. The first kappa shape index (κ1) is 13.6. The third-order valence-electron chi connectivity index (χ3n) is 4.20. The third-order valence-corrected chi connectivity index (χ3v) is 4.20. The van der Waals surface area contributed by atoms with Gasteiger partial charge in [-0.25, -0.2) is 9.59 Å². The molecule has 0 aromatic carbocycles. The van der Waals surface area contributed by atoms with Gasteiger partial charge in [0.05, 0.1) is 5.54 Å². The highest BCUT2D eigenvalue weighted by atomic mass is 16.4. The number of carbonyl (C=O) groups excluding carboxylic acids is 2. The van der Waals surface area contributed by atoms with E-state index in [0.717, 1.165) is 0 Å². The van der Waals surface area contributed by atoms with Crippen molar-refractivity contribution in [3.63, 3.8) is 0 Å². The van der Waals surface area contributed by atoms with Crippen molar-refractivity contribution in [3.05, 3.63) is 0 Å². The van der Waals surface area contributed by atoms with Crippen LogP contribution in [-0.4, -0.2) is 46.2 Å². The van der Waals surface area contributed by atoms with Crippen LogP contribution in [0.15, 0.2) is 0 Å². The number of amides is 4. The van der Waals surface area contributed by atoms with Gasteiger partial charge in [-0.2, -0.15) is 0 Å².